The molecule has 2 saturated heterocycles. The van der Waals surface area contributed by atoms with Gasteiger partial charge in [-0.15, -0.1) is 0 Å². The minimum absolute atomic E-state index is 0.856. The van der Waals surface area contributed by atoms with Gasteiger partial charge in [0, 0.05) is 31.6 Å². The average Bonchev–Trinajstić information content (AvgIpc) is 3.12. The molecule has 4 nitrogen and oxygen atoms in total. The number of hydrogen-bond acceptors (Lipinski definition) is 3. The second-order valence-electron chi connectivity index (χ2n) is 6.15. The van der Waals surface area contributed by atoms with Crippen molar-refractivity contribution in [2.75, 3.05) is 26.2 Å². The molecule has 2 aliphatic heterocycles. The van der Waals surface area contributed by atoms with Crippen molar-refractivity contribution in [2.24, 2.45) is 11.8 Å². The maximum Gasteiger partial charge on any atom is 0.0843 e. The zero-order chi connectivity index (χ0) is 13.5. The molecule has 0 bridgehead atoms. The molecule has 106 valence electrons. The first-order valence-corrected chi connectivity index (χ1v) is 7.72. The van der Waals surface area contributed by atoms with E-state index in [0.717, 1.165) is 24.9 Å². The molecule has 1 aromatic heterocycles. The van der Waals surface area contributed by atoms with Crippen LogP contribution < -0.4 is 5.32 Å². The van der Waals surface area contributed by atoms with Crippen molar-refractivity contribution in [3.05, 3.63) is 30.0 Å². The van der Waals surface area contributed by atoms with E-state index in [1.807, 2.05) is 0 Å². The summed E-state index contributed by atoms with van der Waals surface area (Å²) in [6.45, 7) is 8.96. The van der Waals surface area contributed by atoms with Crippen LogP contribution in [-0.2, 0) is 13.1 Å². The van der Waals surface area contributed by atoms with Gasteiger partial charge in [-0.2, -0.15) is 5.10 Å². The first-order chi connectivity index (χ1) is 9.85. The predicted octanol–water partition coefficient (Wildman–Crippen LogP) is 1.71. The third-order valence-corrected chi connectivity index (χ3v) is 4.87. The Morgan fingerprint density at radius 1 is 1.20 bits per heavy atom. The summed E-state index contributed by atoms with van der Waals surface area (Å²) in [7, 11) is 0. The Kier molecular flexibility index (Phi) is 3.00. The number of likely N-dealkylation sites (tertiary alicyclic amines) is 1. The molecule has 1 aromatic carbocycles. The van der Waals surface area contributed by atoms with Gasteiger partial charge in [-0.25, -0.2) is 0 Å². The number of aryl methyl sites for hydroxylation is 1. The number of benzene rings is 1. The normalized spacial score (nSPS) is 26.4. The lowest BCUT2D eigenvalue weighted by molar-refractivity contribution is 0.301. The largest absolute Gasteiger partial charge is 0.316 e. The maximum atomic E-state index is 4.82. The van der Waals surface area contributed by atoms with E-state index in [1.165, 1.54) is 42.8 Å². The van der Waals surface area contributed by atoms with Crippen LogP contribution in [0.4, 0.5) is 0 Å². The number of nitrogens with zero attached hydrogens (tertiary/aromatic N) is 3. The highest BCUT2D eigenvalue weighted by atomic mass is 15.3. The highest BCUT2D eigenvalue weighted by molar-refractivity contribution is 5.81. The molecule has 0 unspecified atom stereocenters. The van der Waals surface area contributed by atoms with Gasteiger partial charge in [0.2, 0.25) is 0 Å². The number of rotatable bonds is 3. The third-order valence-electron chi connectivity index (χ3n) is 4.87. The van der Waals surface area contributed by atoms with Crippen molar-refractivity contribution in [1.29, 1.82) is 0 Å². The van der Waals surface area contributed by atoms with Crippen molar-refractivity contribution in [2.45, 2.75) is 20.0 Å². The fourth-order valence-corrected chi connectivity index (χ4v) is 3.85. The number of hydrogen-bond donors (Lipinski definition) is 1. The number of fused-ring (bicyclic) bond motifs is 2. The van der Waals surface area contributed by atoms with Crippen LogP contribution in [-0.4, -0.2) is 40.9 Å². The highest BCUT2D eigenvalue weighted by Gasteiger charge is 2.36. The molecule has 1 N–H and O–H groups in total. The van der Waals surface area contributed by atoms with Crippen LogP contribution >= 0.6 is 0 Å². The fraction of sp³-hybridized carbons (Fsp3) is 0.562. The van der Waals surface area contributed by atoms with Crippen LogP contribution in [0.1, 0.15) is 12.6 Å². The molecule has 4 heteroatoms. The lowest BCUT2D eigenvalue weighted by atomic mass is 10.0. The molecular formula is C16H22N4. The summed E-state index contributed by atoms with van der Waals surface area (Å²) in [5, 5.41) is 9.65. The molecule has 4 rings (SSSR count). The van der Waals surface area contributed by atoms with E-state index in [0.29, 0.717) is 0 Å². The Balaban J connectivity index is 1.60. The zero-order valence-corrected chi connectivity index (χ0v) is 12.0. The third kappa shape index (κ3) is 1.95. The molecule has 3 heterocycles. The standard InChI is InChI=1S/C16H22N4/c1-2-20-16-6-4-3-5-14(16)15(18-20)11-19-9-12-7-17-8-13(12)10-19/h3-6,12-13,17H,2,7-11H2,1H3/t12-,13+. The summed E-state index contributed by atoms with van der Waals surface area (Å²) in [6, 6.07) is 8.61. The Hall–Kier alpha value is -1.39. The maximum absolute atomic E-state index is 4.82. The molecule has 2 aliphatic rings. The zero-order valence-electron chi connectivity index (χ0n) is 12.0. The van der Waals surface area contributed by atoms with Gasteiger partial charge in [-0.05, 0) is 37.9 Å². The Labute approximate surface area is 119 Å². The van der Waals surface area contributed by atoms with Crippen molar-refractivity contribution in [3.8, 4) is 0 Å². The molecule has 0 amide bonds. The molecule has 20 heavy (non-hydrogen) atoms. The van der Waals surface area contributed by atoms with E-state index in [4.69, 9.17) is 5.10 Å². The van der Waals surface area contributed by atoms with Crippen molar-refractivity contribution in [3.63, 3.8) is 0 Å². The van der Waals surface area contributed by atoms with Gasteiger partial charge in [-0.1, -0.05) is 18.2 Å². The lowest BCUT2D eigenvalue weighted by Crippen LogP contribution is -2.25. The second kappa shape index (κ2) is 4.86. The number of para-hydroxylation sites is 1. The minimum Gasteiger partial charge on any atom is -0.316 e. The number of nitrogens with one attached hydrogen (secondary N) is 1. The van der Waals surface area contributed by atoms with E-state index >= 15 is 0 Å². The summed E-state index contributed by atoms with van der Waals surface area (Å²) < 4.78 is 2.13. The summed E-state index contributed by atoms with van der Waals surface area (Å²) in [4.78, 5) is 2.59. The Morgan fingerprint density at radius 2 is 1.95 bits per heavy atom. The Bertz CT molecular complexity index is 606. The predicted molar refractivity (Wildman–Crippen MR) is 80.5 cm³/mol. The van der Waals surface area contributed by atoms with Crippen LogP contribution in [0.25, 0.3) is 10.9 Å². The van der Waals surface area contributed by atoms with E-state index in [1.54, 1.807) is 0 Å². The van der Waals surface area contributed by atoms with E-state index in [-0.39, 0.29) is 0 Å². The van der Waals surface area contributed by atoms with Gasteiger partial charge in [0.15, 0.2) is 0 Å². The van der Waals surface area contributed by atoms with Crippen LogP contribution in [0.3, 0.4) is 0 Å². The molecule has 0 spiro atoms. The monoisotopic (exact) mass is 270 g/mol. The van der Waals surface area contributed by atoms with E-state index < -0.39 is 0 Å². The minimum atomic E-state index is 0.856. The van der Waals surface area contributed by atoms with Gasteiger partial charge in [0.25, 0.3) is 0 Å². The van der Waals surface area contributed by atoms with Crippen molar-refractivity contribution < 1.29 is 0 Å². The SMILES string of the molecule is CCn1nc(CN2C[C@H]3CNC[C@H]3C2)c2ccccc21. The lowest BCUT2D eigenvalue weighted by Gasteiger charge is -2.15. The second-order valence-corrected chi connectivity index (χ2v) is 6.15. The molecule has 0 aliphatic carbocycles. The van der Waals surface area contributed by atoms with E-state index in [9.17, 15) is 0 Å². The van der Waals surface area contributed by atoms with Crippen LogP contribution in [0, 0.1) is 11.8 Å². The molecule has 2 aromatic rings. The van der Waals surface area contributed by atoms with Gasteiger partial charge in [0.1, 0.15) is 0 Å². The first kappa shape index (κ1) is 12.4. The Morgan fingerprint density at radius 3 is 2.70 bits per heavy atom. The van der Waals surface area contributed by atoms with Gasteiger partial charge < -0.3 is 5.32 Å². The average molecular weight is 270 g/mol. The summed E-state index contributed by atoms with van der Waals surface area (Å²) >= 11 is 0. The van der Waals surface area contributed by atoms with Gasteiger partial charge in [-0.3, -0.25) is 9.58 Å². The highest BCUT2D eigenvalue weighted by Crippen LogP contribution is 2.28. The number of aromatic nitrogens is 2. The summed E-state index contributed by atoms with van der Waals surface area (Å²) in [5.74, 6) is 1.71. The topological polar surface area (TPSA) is 33.1 Å². The van der Waals surface area contributed by atoms with Crippen molar-refractivity contribution in [1.82, 2.24) is 20.0 Å². The smallest absolute Gasteiger partial charge is 0.0843 e. The summed E-state index contributed by atoms with van der Waals surface area (Å²) in [5.41, 5.74) is 2.52. The molecule has 0 saturated carbocycles. The van der Waals surface area contributed by atoms with Crippen molar-refractivity contribution >= 4 is 10.9 Å². The molecule has 0 radical (unpaired) electrons. The summed E-state index contributed by atoms with van der Waals surface area (Å²) in [6.07, 6.45) is 0. The fourth-order valence-electron chi connectivity index (χ4n) is 3.85. The van der Waals surface area contributed by atoms with E-state index in [2.05, 4.69) is 46.1 Å². The van der Waals surface area contributed by atoms with Gasteiger partial charge >= 0.3 is 0 Å². The van der Waals surface area contributed by atoms with Gasteiger partial charge in [0.05, 0.1) is 11.2 Å². The first-order valence-electron chi connectivity index (χ1n) is 7.72. The van der Waals surface area contributed by atoms with Crippen LogP contribution in [0.15, 0.2) is 24.3 Å². The molecule has 2 atom stereocenters. The van der Waals surface area contributed by atoms with Crippen LogP contribution in [0.5, 0.6) is 0 Å². The molecular weight excluding hydrogens is 248 g/mol. The molecule has 2 fully saturated rings. The van der Waals surface area contributed by atoms with Crippen LogP contribution in [0.2, 0.25) is 0 Å². The quantitative estimate of drug-likeness (QED) is 0.921.